The normalized spacial score (nSPS) is 17.6. The molecule has 1 unspecified atom stereocenters. The van der Waals surface area contributed by atoms with E-state index < -0.39 is 15.9 Å². The predicted molar refractivity (Wildman–Crippen MR) is 118 cm³/mol. The Morgan fingerprint density at radius 3 is 2.50 bits per heavy atom. The summed E-state index contributed by atoms with van der Waals surface area (Å²) in [6.07, 6.45) is 1.44. The lowest BCUT2D eigenvalue weighted by atomic mass is 10.0. The molecule has 1 amide bonds. The van der Waals surface area contributed by atoms with Crippen LogP contribution in [0.15, 0.2) is 64.3 Å². The zero-order chi connectivity index (χ0) is 22.7. The number of rotatable bonds is 6. The van der Waals surface area contributed by atoms with Gasteiger partial charge in [0.05, 0.1) is 12.3 Å². The molecule has 0 spiro atoms. The maximum Gasteiger partial charge on any atom is 0.254 e. The molecule has 0 aliphatic carbocycles. The van der Waals surface area contributed by atoms with Gasteiger partial charge in [0.1, 0.15) is 18.9 Å². The topological polar surface area (TPSA) is 115 Å². The van der Waals surface area contributed by atoms with Gasteiger partial charge in [-0.3, -0.25) is 4.79 Å². The first-order chi connectivity index (χ1) is 15.3. The third-order valence-corrected chi connectivity index (χ3v) is 5.82. The quantitative estimate of drug-likeness (QED) is 0.526. The van der Waals surface area contributed by atoms with E-state index in [1.54, 1.807) is 17.0 Å². The third-order valence-electron chi connectivity index (χ3n) is 5.04. The zero-order valence-electron chi connectivity index (χ0n) is 17.6. The van der Waals surface area contributed by atoms with Crippen LogP contribution in [0.3, 0.4) is 0 Å². The van der Waals surface area contributed by atoms with Crippen molar-refractivity contribution in [2.75, 3.05) is 19.9 Å². The SMILES string of the molecule is CO/N=C1\CC(c2nc(CS(C)(=O)=O)no2)N(C(=O)c2ccc(-c3ccccc3)cc2)C1. The van der Waals surface area contributed by atoms with E-state index in [0.717, 1.165) is 17.4 Å². The summed E-state index contributed by atoms with van der Waals surface area (Å²) in [6.45, 7) is 0.238. The molecule has 0 saturated carbocycles. The lowest BCUT2D eigenvalue weighted by Crippen LogP contribution is -2.31. The molecule has 1 fully saturated rings. The number of nitrogens with zero attached hydrogens (tertiary/aromatic N) is 4. The van der Waals surface area contributed by atoms with Gasteiger partial charge in [0.25, 0.3) is 5.91 Å². The van der Waals surface area contributed by atoms with Crippen molar-refractivity contribution in [1.82, 2.24) is 15.0 Å². The molecule has 3 aromatic rings. The van der Waals surface area contributed by atoms with Crippen LogP contribution in [0.1, 0.15) is 34.5 Å². The minimum Gasteiger partial charge on any atom is -0.399 e. The molecule has 1 aromatic heterocycles. The molecule has 1 saturated heterocycles. The first kappa shape index (κ1) is 21.7. The van der Waals surface area contributed by atoms with Gasteiger partial charge in [0.15, 0.2) is 15.7 Å². The summed E-state index contributed by atoms with van der Waals surface area (Å²) in [6, 6.07) is 16.7. The number of carbonyl (C=O) groups is 1. The summed E-state index contributed by atoms with van der Waals surface area (Å²) in [5, 5.41) is 7.74. The average Bonchev–Trinajstić information content (AvgIpc) is 3.40. The molecule has 166 valence electrons. The maximum atomic E-state index is 13.3. The molecular weight excluding hydrogens is 432 g/mol. The Bertz CT molecular complexity index is 1240. The highest BCUT2D eigenvalue weighted by Crippen LogP contribution is 2.32. The number of aromatic nitrogens is 2. The van der Waals surface area contributed by atoms with Crippen molar-refractivity contribution < 1.29 is 22.6 Å². The lowest BCUT2D eigenvalue weighted by molar-refractivity contribution is 0.0713. The van der Waals surface area contributed by atoms with E-state index in [0.29, 0.717) is 17.7 Å². The molecule has 2 heterocycles. The highest BCUT2D eigenvalue weighted by molar-refractivity contribution is 7.89. The molecule has 0 radical (unpaired) electrons. The van der Waals surface area contributed by atoms with Gasteiger partial charge >= 0.3 is 0 Å². The van der Waals surface area contributed by atoms with Crippen LogP contribution in [-0.4, -0.2) is 55.0 Å². The van der Waals surface area contributed by atoms with Crippen LogP contribution in [0.4, 0.5) is 0 Å². The number of benzene rings is 2. The summed E-state index contributed by atoms with van der Waals surface area (Å²) >= 11 is 0. The second-order valence-electron chi connectivity index (χ2n) is 7.56. The maximum absolute atomic E-state index is 13.3. The number of hydrogen-bond donors (Lipinski definition) is 0. The molecule has 1 aliphatic rings. The Hall–Kier alpha value is -3.53. The Morgan fingerprint density at radius 2 is 1.84 bits per heavy atom. The van der Waals surface area contributed by atoms with E-state index in [1.807, 2.05) is 42.5 Å². The van der Waals surface area contributed by atoms with Gasteiger partial charge in [-0.1, -0.05) is 52.8 Å². The highest BCUT2D eigenvalue weighted by Gasteiger charge is 2.38. The summed E-state index contributed by atoms with van der Waals surface area (Å²) in [4.78, 5) is 24.0. The van der Waals surface area contributed by atoms with Crippen LogP contribution in [0, 0.1) is 0 Å². The van der Waals surface area contributed by atoms with E-state index in [1.165, 1.54) is 7.11 Å². The first-order valence-electron chi connectivity index (χ1n) is 9.89. The second-order valence-corrected chi connectivity index (χ2v) is 9.70. The molecule has 2 aromatic carbocycles. The van der Waals surface area contributed by atoms with Gasteiger partial charge in [0.2, 0.25) is 5.89 Å². The van der Waals surface area contributed by atoms with Crippen molar-refractivity contribution in [1.29, 1.82) is 0 Å². The van der Waals surface area contributed by atoms with E-state index >= 15 is 0 Å². The minimum atomic E-state index is -3.32. The molecule has 10 heteroatoms. The van der Waals surface area contributed by atoms with E-state index in [2.05, 4.69) is 15.3 Å². The van der Waals surface area contributed by atoms with Gasteiger partial charge in [-0.05, 0) is 23.3 Å². The van der Waals surface area contributed by atoms with Crippen molar-refractivity contribution >= 4 is 21.5 Å². The Balaban J connectivity index is 1.59. The van der Waals surface area contributed by atoms with Crippen LogP contribution in [-0.2, 0) is 20.4 Å². The van der Waals surface area contributed by atoms with Crippen LogP contribution in [0.2, 0.25) is 0 Å². The van der Waals surface area contributed by atoms with Crippen molar-refractivity contribution in [2.45, 2.75) is 18.2 Å². The Labute approximate surface area is 185 Å². The molecule has 9 nitrogen and oxygen atoms in total. The summed E-state index contributed by atoms with van der Waals surface area (Å²) in [5.74, 6) is -0.339. The van der Waals surface area contributed by atoms with E-state index in [-0.39, 0.29) is 29.9 Å². The van der Waals surface area contributed by atoms with Crippen molar-refractivity contribution in [3.8, 4) is 11.1 Å². The van der Waals surface area contributed by atoms with Crippen LogP contribution >= 0.6 is 0 Å². The Morgan fingerprint density at radius 1 is 1.16 bits per heavy atom. The summed E-state index contributed by atoms with van der Waals surface area (Å²) in [5.41, 5.74) is 3.22. The smallest absolute Gasteiger partial charge is 0.254 e. The fraction of sp³-hybridized carbons (Fsp3) is 0.273. The van der Waals surface area contributed by atoms with Gasteiger partial charge in [0, 0.05) is 18.2 Å². The Kier molecular flexibility index (Phi) is 6.04. The largest absolute Gasteiger partial charge is 0.399 e. The van der Waals surface area contributed by atoms with Crippen molar-refractivity contribution in [3.05, 3.63) is 71.9 Å². The predicted octanol–water partition coefficient (Wildman–Crippen LogP) is 2.87. The van der Waals surface area contributed by atoms with Gasteiger partial charge in [-0.15, -0.1) is 0 Å². The number of carbonyl (C=O) groups excluding carboxylic acids is 1. The fourth-order valence-electron chi connectivity index (χ4n) is 3.63. The monoisotopic (exact) mass is 454 g/mol. The fourth-order valence-corrected chi connectivity index (χ4v) is 4.22. The molecule has 0 N–H and O–H groups in total. The molecule has 0 bridgehead atoms. The zero-order valence-corrected chi connectivity index (χ0v) is 18.4. The molecule has 1 atom stereocenters. The van der Waals surface area contributed by atoms with Crippen LogP contribution in [0.25, 0.3) is 11.1 Å². The molecule has 1 aliphatic heterocycles. The number of amides is 1. The van der Waals surface area contributed by atoms with Gasteiger partial charge < -0.3 is 14.3 Å². The summed E-state index contributed by atoms with van der Waals surface area (Å²) < 4.78 is 28.4. The number of oxime groups is 1. The highest BCUT2D eigenvalue weighted by atomic mass is 32.2. The van der Waals surface area contributed by atoms with E-state index in [4.69, 9.17) is 9.36 Å². The minimum absolute atomic E-state index is 0.0549. The third kappa shape index (κ3) is 4.86. The average molecular weight is 455 g/mol. The number of likely N-dealkylation sites (tertiary alicyclic amines) is 1. The second kappa shape index (κ2) is 8.91. The first-order valence-corrected chi connectivity index (χ1v) is 12.0. The number of sulfone groups is 1. The van der Waals surface area contributed by atoms with Crippen LogP contribution in [0.5, 0.6) is 0 Å². The van der Waals surface area contributed by atoms with Gasteiger partial charge in [-0.25, -0.2) is 8.42 Å². The summed E-state index contributed by atoms with van der Waals surface area (Å²) in [7, 11) is -1.88. The van der Waals surface area contributed by atoms with Crippen molar-refractivity contribution in [2.24, 2.45) is 5.16 Å². The molecular formula is C22H22N4O5S. The number of hydrogen-bond acceptors (Lipinski definition) is 8. The molecule has 4 rings (SSSR count). The standard InChI is InChI=1S/C22H22N4O5S/c1-30-24-18-12-19(21-23-20(25-31-21)14-32(2,28)29)26(13-18)22(27)17-10-8-16(9-11-17)15-6-4-3-5-7-15/h3-11,19H,12-14H2,1-2H3/b24-18+. The van der Waals surface area contributed by atoms with E-state index in [9.17, 15) is 13.2 Å². The molecule has 32 heavy (non-hydrogen) atoms. The van der Waals surface area contributed by atoms with Crippen molar-refractivity contribution in [3.63, 3.8) is 0 Å². The van der Waals surface area contributed by atoms with Gasteiger partial charge in [-0.2, -0.15) is 4.98 Å². The van der Waals surface area contributed by atoms with Crippen LogP contribution < -0.4 is 0 Å². The lowest BCUT2D eigenvalue weighted by Gasteiger charge is -2.21.